The van der Waals surface area contributed by atoms with Crippen LogP contribution in [0.2, 0.25) is 0 Å². The SMILES string of the molecule is COc1ccc(-c2cccc(C(=O)N3CC[C@@]4(C(=O)O)CCCN(C)[C@@H]4C3)c2)cc1. The molecule has 2 atom stereocenters. The van der Waals surface area contributed by atoms with Gasteiger partial charge in [0.05, 0.1) is 12.5 Å². The molecule has 1 amide bonds. The van der Waals surface area contributed by atoms with Crippen LogP contribution in [0.5, 0.6) is 5.75 Å². The van der Waals surface area contributed by atoms with Crippen LogP contribution in [0.1, 0.15) is 29.6 Å². The molecule has 0 radical (unpaired) electrons. The number of nitrogens with zero attached hydrogens (tertiary/aromatic N) is 2. The van der Waals surface area contributed by atoms with Gasteiger partial charge in [-0.2, -0.15) is 0 Å². The maximum Gasteiger partial charge on any atom is 0.311 e. The summed E-state index contributed by atoms with van der Waals surface area (Å²) in [4.78, 5) is 29.3. The molecule has 0 aliphatic carbocycles. The van der Waals surface area contributed by atoms with Gasteiger partial charge >= 0.3 is 5.97 Å². The average molecular weight is 408 g/mol. The zero-order chi connectivity index (χ0) is 21.3. The molecule has 1 N–H and O–H groups in total. The number of ether oxygens (including phenoxy) is 1. The summed E-state index contributed by atoms with van der Waals surface area (Å²) in [7, 11) is 3.61. The summed E-state index contributed by atoms with van der Waals surface area (Å²) >= 11 is 0. The first kappa shape index (κ1) is 20.4. The maximum absolute atomic E-state index is 13.3. The Morgan fingerprint density at radius 1 is 1.07 bits per heavy atom. The number of hydrogen-bond acceptors (Lipinski definition) is 4. The molecule has 0 spiro atoms. The van der Waals surface area contributed by atoms with Crippen molar-refractivity contribution < 1.29 is 19.4 Å². The van der Waals surface area contributed by atoms with Gasteiger partial charge in [0, 0.05) is 24.7 Å². The summed E-state index contributed by atoms with van der Waals surface area (Å²) in [5.74, 6) is 0.0220. The molecule has 2 heterocycles. The third-order valence-corrected chi connectivity index (χ3v) is 6.77. The number of aliphatic carboxylic acids is 1. The highest BCUT2D eigenvalue weighted by atomic mass is 16.5. The Hall–Kier alpha value is -2.86. The third kappa shape index (κ3) is 3.56. The molecule has 6 nitrogen and oxygen atoms in total. The van der Waals surface area contributed by atoms with Crippen molar-refractivity contribution >= 4 is 11.9 Å². The summed E-state index contributed by atoms with van der Waals surface area (Å²) in [5.41, 5.74) is 1.87. The van der Waals surface area contributed by atoms with Crippen LogP contribution in [-0.4, -0.2) is 66.6 Å². The van der Waals surface area contributed by atoms with Crippen molar-refractivity contribution in [3.8, 4) is 16.9 Å². The van der Waals surface area contributed by atoms with E-state index in [4.69, 9.17) is 4.74 Å². The van der Waals surface area contributed by atoms with Crippen LogP contribution in [0.4, 0.5) is 0 Å². The Morgan fingerprint density at radius 3 is 2.53 bits per heavy atom. The molecule has 0 unspecified atom stereocenters. The number of amides is 1. The number of fused-ring (bicyclic) bond motifs is 1. The second-order valence-electron chi connectivity index (χ2n) is 8.37. The topological polar surface area (TPSA) is 70.1 Å². The normalized spacial score (nSPS) is 24.2. The van der Waals surface area contributed by atoms with Gasteiger partial charge in [0.25, 0.3) is 5.91 Å². The third-order valence-electron chi connectivity index (χ3n) is 6.77. The molecule has 0 saturated carbocycles. The molecule has 2 fully saturated rings. The van der Waals surface area contributed by atoms with Gasteiger partial charge in [-0.3, -0.25) is 9.59 Å². The van der Waals surface area contributed by atoms with E-state index in [0.29, 0.717) is 31.5 Å². The number of hydrogen-bond donors (Lipinski definition) is 1. The lowest BCUT2D eigenvalue weighted by molar-refractivity contribution is -0.161. The quantitative estimate of drug-likeness (QED) is 0.840. The van der Waals surface area contributed by atoms with Crippen LogP contribution in [0.15, 0.2) is 48.5 Å². The first-order valence-corrected chi connectivity index (χ1v) is 10.4. The minimum Gasteiger partial charge on any atom is -0.497 e. The molecule has 6 heteroatoms. The standard InChI is InChI=1S/C24H28N2O4/c1-25-13-4-11-24(23(28)29)12-14-26(16-21(24)25)22(27)19-6-3-5-18(15-19)17-7-9-20(30-2)10-8-17/h3,5-10,15,21H,4,11-14,16H2,1-2H3,(H,28,29)/t21-,24+/m1/s1. The van der Waals surface area contributed by atoms with Crippen molar-refractivity contribution in [2.24, 2.45) is 5.41 Å². The summed E-state index contributed by atoms with van der Waals surface area (Å²) < 4.78 is 5.22. The lowest BCUT2D eigenvalue weighted by Gasteiger charge is -2.51. The Kier molecular flexibility index (Phi) is 5.52. The minimum absolute atomic E-state index is 0.0386. The van der Waals surface area contributed by atoms with Crippen molar-refractivity contribution in [1.29, 1.82) is 0 Å². The van der Waals surface area contributed by atoms with E-state index >= 15 is 0 Å². The van der Waals surface area contributed by atoms with Gasteiger partial charge in [-0.25, -0.2) is 0 Å². The van der Waals surface area contributed by atoms with E-state index in [2.05, 4.69) is 4.90 Å². The van der Waals surface area contributed by atoms with E-state index in [1.165, 1.54) is 0 Å². The van der Waals surface area contributed by atoms with Crippen LogP contribution >= 0.6 is 0 Å². The van der Waals surface area contributed by atoms with E-state index in [1.807, 2.05) is 60.5 Å². The summed E-state index contributed by atoms with van der Waals surface area (Å²) in [5, 5.41) is 9.94. The van der Waals surface area contributed by atoms with Crippen LogP contribution in [0.3, 0.4) is 0 Å². The summed E-state index contributed by atoms with van der Waals surface area (Å²) in [6, 6.07) is 15.2. The average Bonchev–Trinajstić information content (AvgIpc) is 2.78. The number of carbonyl (C=O) groups excluding carboxylic acids is 1. The zero-order valence-electron chi connectivity index (χ0n) is 17.5. The van der Waals surface area contributed by atoms with Crippen molar-refractivity contribution in [2.45, 2.75) is 25.3 Å². The Bertz CT molecular complexity index is 942. The fourth-order valence-corrected chi connectivity index (χ4v) is 4.97. The van der Waals surface area contributed by atoms with E-state index in [-0.39, 0.29) is 11.9 Å². The zero-order valence-corrected chi connectivity index (χ0v) is 17.5. The second-order valence-corrected chi connectivity index (χ2v) is 8.37. The number of likely N-dealkylation sites (tertiary alicyclic amines) is 2. The summed E-state index contributed by atoms with van der Waals surface area (Å²) in [6.45, 7) is 1.80. The largest absolute Gasteiger partial charge is 0.497 e. The number of carboxylic acid groups (broad SMARTS) is 1. The van der Waals surface area contributed by atoms with Gasteiger partial charge < -0.3 is 19.6 Å². The van der Waals surface area contributed by atoms with Gasteiger partial charge in [0.15, 0.2) is 0 Å². The molecular formula is C24H28N2O4. The van der Waals surface area contributed by atoms with Crippen LogP contribution in [-0.2, 0) is 4.79 Å². The maximum atomic E-state index is 13.3. The number of benzene rings is 2. The molecule has 2 aromatic carbocycles. The van der Waals surface area contributed by atoms with Crippen molar-refractivity contribution in [3.63, 3.8) is 0 Å². The predicted octanol–water partition coefficient (Wildman–Crippen LogP) is 3.37. The van der Waals surface area contributed by atoms with Gasteiger partial charge in [0.2, 0.25) is 0 Å². The molecule has 2 aromatic rings. The van der Waals surface area contributed by atoms with Crippen molar-refractivity contribution in [1.82, 2.24) is 9.80 Å². The second kappa shape index (κ2) is 8.11. The van der Waals surface area contributed by atoms with E-state index in [9.17, 15) is 14.7 Å². The first-order valence-electron chi connectivity index (χ1n) is 10.4. The smallest absolute Gasteiger partial charge is 0.311 e. The van der Waals surface area contributed by atoms with Crippen LogP contribution < -0.4 is 4.74 Å². The Balaban J connectivity index is 1.56. The number of carbonyl (C=O) groups is 2. The molecule has 2 aliphatic heterocycles. The number of carboxylic acids is 1. The van der Waals surface area contributed by atoms with E-state index in [0.717, 1.165) is 29.8 Å². The summed E-state index contributed by atoms with van der Waals surface area (Å²) in [6.07, 6.45) is 2.07. The first-order chi connectivity index (χ1) is 14.4. The lowest BCUT2D eigenvalue weighted by Crippen LogP contribution is -2.63. The molecule has 30 heavy (non-hydrogen) atoms. The molecule has 4 rings (SSSR count). The molecule has 158 valence electrons. The number of piperidine rings is 2. The predicted molar refractivity (Wildman–Crippen MR) is 115 cm³/mol. The minimum atomic E-state index is -0.741. The highest BCUT2D eigenvalue weighted by molar-refractivity contribution is 5.95. The highest BCUT2D eigenvalue weighted by Crippen LogP contribution is 2.42. The van der Waals surface area contributed by atoms with Crippen LogP contribution in [0.25, 0.3) is 11.1 Å². The Morgan fingerprint density at radius 2 is 1.83 bits per heavy atom. The van der Waals surface area contributed by atoms with Crippen molar-refractivity contribution in [3.05, 3.63) is 54.1 Å². The van der Waals surface area contributed by atoms with Gasteiger partial charge in [0.1, 0.15) is 5.75 Å². The fourth-order valence-electron chi connectivity index (χ4n) is 4.97. The Labute approximate surface area is 177 Å². The van der Waals surface area contributed by atoms with Crippen LogP contribution in [0, 0.1) is 5.41 Å². The highest BCUT2D eigenvalue weighted by Gasteiger charge is 2.52. The number of methoxy groups -OCH3 is 1. The van der Waals surface area contributed by atoms with E-state index in [1.54, 1.807) is 7.11 Å². The molecule has 2 saturated heterocycles. The molecule has 0 bridgehead atoms. The monoisotopic (exact) mass is 408 g/mol. The van der Waals surface area contributed by atoms with Gasteiger partial charge in [-0.1, -0.05) is 24.3 Å². The lowest BCUT2D eigenvalue weighted by atomic mass is 9.68. The van der Waals surface area contributed by atoms with E-state index < -0.39 is 11.4 Å². The molecule has 2 aliphatic rings. The number of likely N-dealkylation sites (N-methyl/N-ethyl adjacent to an activating group) is 1. The van der Waals surface area contributed by atoms with Gasteiger partial charge in [-0.05, 0) is 68.2 Å². The van der Waals surface area contributed by atoms with Gasteiger partial charge in [-0.15, -0.1) is 0 Å². The molecular weight excluding hydrogens is 380 g/mol. The molecule has 0 aromatic heterocycles. The number of rotatable bonds is 4. The van der Waals surface area contributed by atoms with Crippen molar-refractivity contribution in [2.75, 3.05) is 33.8 Å². The fraction of sp³-hybridized carbons (Fsp3) is 0.417.